The van der Waals surface area contributed by atoms with Gasteiger partial charge in [-0.2, -0.15) is 0 Å². The van der Waals surface area contributed by atoms with E-state index in [1.54, 1.807) is 13.8 Å². The number of imide groups is 1. The van der Waals surface area contributed by atoms with Crippen molar-refractivity contribution >= 4 is 23.5 Å². The Kier molecular flexibility index (Phi) is 17.7. The Hall–Kier alpha value is -2.17. The van der Waals surface area contributed by atoms with Gasteiger partial charge in [-0.15, -0.1) is 0 Å². The van der Waals surface area contributed by atoms with Crippen LogP contribution in [0.25, 0.3) is 0 Å². The first-order valence-corrected chi connectivity index (χ1v) is 15.5. The van der Waals surface area contributed by atoms with Gasteiger partial charge in [-0.05, 0) is 30.2 Å². The molecule has 1 fully saturated rings. The number of carboxylic acids is 1. The number of benzene rings is 1. The van der Waals surface area contributed by atoms with Crippen LogP contribution in [0.3, 0.4) is 0 Å². The fourth-order valence-corrected chi connectivity index (χ4v) is 4.84. The Morgan fingerprint density at radius 1 is 0.737 bits per heavy atom. The highest BCUT2D eigenvalue weighted by Gasteiger charge is 2.42. The summed E-state index contributed by atoms with van der Waals surface area (Å²) in [5, 5.41) is 8.78. The molecule has 2 amide bonds. The highest BCUT2D eigenvalue weighted by atomic mass is 16.4. The fourth-order valence-electron chi connectivity index (χ4n) is 4.84. The van der Waals surface area contributed by atoms with Crippen molar-refractivity contribution in [1.29, 1.82) is 0 Å². The summed E-state index contributed by atoms with van der Waals surface area (Å²) >= 11 is 0. The van der Waals surface area contributed by atoms with Crippen LogP contribution in [0.2, 0.25) is 0 Å². The van der Waals surface area contributed by atoms with Gasteiger partial charge < -0.3 is 5.11 Å². The minimum Gasteiger partial charge on any atom is -0.478 e. The van der Waals surface area contributed by atoms with Gasteiger partial charge in [-0.3, -0.25) is 14.5 Å². The molecule has 1 heterocycles. The average Bonchev–Trinajstić information content (AvgIpc) is 3.11. The second kappa shape index (κ2) is 19.8. The first kappa shape index (κ1) is 33.9. The normalized spacial score (nSPS) is 17.9. The molecule has 5 nitrogen and oxygen atoms in total. The lowest BCUT2D eigenvalue weighted by Gasteiger charge is -2.14. The Morgan fingerprint density at radius 3 is 1.50 bits per heavy atom. The minimum atomic E-state index is -1.04. The predicted molar refractivity (Wildman–Crippen MR) is 159 cm³/mol. The zero-order valence-electron chi connectivity index (χ0n) is 25.0. The lowest BCUT2D eigenvalue weighted by Crippen LogP contribution is -2.30. The Balaban J connectivity index is 0.000000381. The topological polar surface area (TPSA) is 74.7 Å². The molecule has 0 radical (unpaired) electrons. The van der Waals surface area contributed by atoms with Crippen molar-refractivity contribution in [2.24, 2.45) is 17.8 Å². The monoisotopic (exact) mass is 529 g/mol. The van der Waals surface area contributed by atoms with Crippen molar-refractivity contribution in [3.63, 3.8) is 0 Å². The molecule has 3 unspecified atom stereocenters. The number of anilines is 1. The summed E-state index contributed by atoms with van der Waals surface area (Å²) in [6.07, 6.45) is 23.4. The molecule has 0 saturated carbocycles. The van der Waals surface area contributed by atoms with Crippen molar-refractivity contribution in [3.8, 4) is 0 Å². The van der Waals surface area contributed by atoms with Crippen LogP contribution >= 0.6 is 0 Å². The standard InChI is InChI=1S/C20H42.C13H13NO4/c1-4-6-7-8-9-10-11-12-13-14-15-16-17-18-19-20(3)5-2;1-7-8(2)12(16)14(11(7)15)10-5-3-9(4-6-10)13(17)18/h20H,4-19H2,1-3H3;3-8H,1-2H3,(H,17,18). The summed E-state index contributed by atoms with van der Waals surface area (Å²) in [6, 6.07) is 5.71. The molecule has 0 spiro atoms. The zero-order valence-corrected chi connectivity index (χ0v) is 25.0. The summed E-state index contributed by atoms with van der Waals surface area (Å²) in [5.74, 6) is -1.24. The predicted octanol–water partition coefficient (Wildman–Crippen LogP) is 9.43. The molecule has 5 heteroatoms. The van der Waals surface area contributed by atoms with E-state index in [9.17, 15) is 14.4 Å². The number of carboxylic acid groups (broad SMARTS) is 1. The van der Waals surface area contributed by atoms with E-state index in [-0.39, 0.29) is 29.2 Å². The lowest BCUT2D eigenvalue weighted by atomic mass is 9.99. The largest absolute Gasteiger partial charge is 0.478 e. The first-order valence-electron chi connectivity index (χ1n) is 15.5. The number of rotatable bonds is 18. The molecule has 1 saturated heterocycles. The molecule has 2 rings (SSSR count). The van der Waals surface area contributed by atoms with Crippen LogP contribution in [0, 0.1) is 17.8 Å². The lowest BCUT2D eigenvalue weighted by molar-refractivity contribution is -0.122. The summed E-state index contributed by atoms with van der Waals surface area (Å²) < 4.78 is 0. The summed E-state index contributed by atoms with van der Waals surface area (Å²) in [6.45, 7) is 10.4. The van der Waals surface area contributed by atoms with Crippen molar-refractivity contribution in [3.05, 3.63) is 29.8 Å². The molecule has 0 bridgehead atoms. The second-order valence-electron chi connectivity index (χ2n) is 11.3. The van der Waals surface area contributed by atoms with E-state index in [4.69, 9.17) is 5.11 Å². The van der Waals surface area contributed by atoms with Crippen molar-refractivity contribution < 1.29 is 19.5 Å². The quantitative estimate of drug-likeness (QED) is 0.152. The molecule has 1 aromatic carbocycles. The Labute approximate surface area is 232 Å². The molecule has 1 aliphatic heterocycles. The number of hydrogen-bond acceptors (Lipinski definition) is 3. The van der Waals surface area contributed by atoms with Crippen LogP contribution in [-0.2, 0) is 9.59 Å². The first-order chi connectivity index (χ1) is 18.2. The summed E-state index contributed by atoms with van der Waals surface area (Å²) in [7, 11) is 0. The smallest absolute Gasteiger partial charge is 0.335 e. The van der Waals surface area contributed by atoms with Gasteiger partial charge in [0, 0.05) is 11.8 Å². The summed E-state index contributed by atoms with van der Waals surface area (Å²) in [5.41, 5.74) is 0.546. The molecule has 1 N–H and O–H groups in total. The molecular weight excluding hydrogens is 474 g/mol. The van der Waals surface area contributed by atoms with Crippen LogP contribution in [0.4, 0.5) is 5.69 Å². The Morgan fingerprint density at radius 2 is 1.13 bits per heavy atom. The average molecular weight is 530 g/mol. The van der Waals surface area contributed by atoms with E-state index >= 15 is 0 Å². The number of amides is 2. The number of unbranched alkanes of at least 4 members (excludes halogenated alkanes) is 13. The number of nitrogens with zero attached hydrogens (tertiary/aromatic N) is 1. The Bertz CT molecular complexity index is 784. The van der Waals surface area contributed by atoms with E-state index in [1.807, 2.05) is 0 Å². The molecule has 0 aliphatic carbocycles. The molecule has 38 heavy (non-hydrogen) atoms. The van der Waals surface area contributed by atoms with Crippen LogP contribution in [-0.4, -0.2) is 22.9 Å². The minimum absolute atomic E-state index is 0.124. The van der Waals surface area contributed by atoms with Gasteiger partial charge in [0.25, 0.3) is 0 Å². The SMILES string of the molecule is CC1C(=O)N(c2ccc(C(=O)O)cc2)C(=O)C1C.CCCCCCCCCCCCCCCCC(C)CC. The molecule has 216 valence electrons. The van der Waals surface area contributed by atoms with E-state index in [0.717, 1.165) is 10.8 Å². The maximum absolute atomic E-state index is 11.9. The molecule has 1 aromatic rings. The van der Waals surface area contributed by atoms with Gasteiger partial charge in [0.15, 0.2) is 0 Å². The third kappa shape index (κ3) is 12.6. The van der Waals surface area contributed by atoms with E-state index in [0.29, 0.717) is 5.69 Å². The van der Waals surface area contributed by atoms with Crippen molar-refractivity contribution in [2.45, 2.75) is 137 Å². The number of hydrogen-bond donors (Lipinski definition) is 1. The third-order valence-electron chi connectivity index (χ3n) is 8.09. The van der Waals surface area contributed by atoms with Crippen molar-refractivity contribution in [2.75, 3.05) is 4.90 Å². The van der Waals surface area contributed by atoms with Gasteiger partial charge in [0.1, 0.15) is 0 Å². The highest BCUT2D eigenvalue weighted by molar-refractivity contribution is 6.21. The fraction of sp³-hybridized carbons (Fsp3) is 0.727. The second-order valence-corrected chi connectivity index (χ2v) is 11.3. The maximum Gasteiger partial charge on any atom is 0.335 e. The van der Waals surface area contributed by atoms with Crippen LogP contribution < -0.4 is 4.90 Å². The zero-order chi connectivity index (χ0) is 28.3. The number of carbonyl (C=O) groups is 3. The molecule has 0 aromatic heterocycles. The van der Waals surface area contributed by atoms with E-state index in [2.05, 4.69) is 20.8 Å². The van der Waals surface area contributed by atoms with Gasteiger partial charge in [-0.25, -0.2) is 4.79 Å². The molecule has 3 atom stereocenters. The van der Waals surface area contributed by atoms with E-state index < -0.39 is 5.97 Å². The third-order valence-corrected chi connectivity index (χ3v) is 8.09. The van der Waals surface area contributed by atoms with Gasteiger partial charge in [0.05, 0.1) is 11.3 Å². The van der Waals surface area contributed by atoms with Crippen LogP contribution in [0.5, 0.6) is 0 Å². The summed E-state index contributed by atoms with van der Waals surface area (Å²) in [4.78, 5) is 35.7. The van der Waals surface area contributed by atoms with E-state index in [1.165, 1.54) is 127 Å². The molecule has 1 aliphatic rings. The van der Waals surface area contributed by atoms with Crippen molar-refractivity contribution in [1.82, 2.24) is 0 Å². The van der Waals surface area contributed by atoms with Crippen LogP contribution in [0.1, 0.15) is 148 Å². The van der Waals surface area contributed by atoms with Crippen LogP contribution in [0.15, 0.2) is 24.3 Å². The highest BCUT2D eigenvalue weighted by Crippen LogP contribution is 2.30. The number of aromatic carboxylic acids is 1. The van der Waals surface area contributed by atoms with Gasteiger partial charge >= 0.3 is 5.97 Å². The molecular formula is C33H55NO4. The van der Waals surface area contributed by atoms with Gasteiger partial charge in [0.2, 0.25) is 11.8 Å². The maximum atomic E-state index is 11.9. The van der Waals surface area contributed by atoms with Gasteiger partial charge in [-0.1, -0.05) is 137 Å². The number of carbonyl (C=O) groups excluding carboxylic acids is 2.